The van der Waals surface area contributed by atoms with Gasteiger partial charge in [0.2, 0.25) is 0 Å². The minimum Gasteiger partial charge on any atom is -0.254 e. The third-order valence-electron chi connectivity index (χ3n) is 3.82. The first-order chi connectivity index (χ1) is 8.50. The highest BCUT2D eigenvalue weighted by Gasteiger charge is 2.39. The number of fused-ring (bicyclic) bond motifs is 1. The molecule has 0 radical (unpaired) electrons. The van der Waals surface area contributed by atoms with E-state index in [9.17, 15) is 8.42 Å². The van der Waals surface area contributed by atoms with Gasteiger partial charge in [-0.2, -0.15) is 8.42 Å². The molecule has 0 spiro atoms. The highest BCUT2D eigenvalue weighted by atomic mass is 79.9. The maximum Gasteiger partial charge on any atom is 0.326 e. The molecule has 18 heavy (non-hydrogen) atoms. The van der Waals surface area contributed by atoms with E-state index >= 15 is 0 Å². The van der Waals surface area contributed by atoms with Gasteiger partial charge in [-0.05, 0) is 37.0 Å². The van der Waals surface area contributed by atoms with Crippen LogP contribution in [0, 0.1) is 5.92 Å². The van der Waals surface area contributed by atoms with Crippen molar-refractivity contribution in [3.8, 4) is 0 Å². The Morgan fingerprint density at radius 3 is 2.67 bits per heavy atom. The minimum absolute atomic E-state index is 0.516. The van der Waals surface area contributed by atoms with Crippen molar-refractivity contribution < 1.29 is 8.42 Å². The summed E-state index contributed by atoms with van der Waals surface area (Å²) in [7, 11) is -1.75. The van der Waals surface area contributed by atoms with Crippen molar-refractivity contribution in [2.24, 2.45) is 5.92 Å². The van der Waals surface area contributed by atoms with Crippen LogP contribution in [-0.4, -0.2) is 22.0 Å². The fourth-order valence-electron chi connectivity index (χ4n) is 2.46. The van der Waals surface area contributed by atoms with Gasteiger partial charge in [0.15, 0.2) is 0 Å². The lowest BCUT2D eigenvalue weighted by molar-refractivity contribution is 0.326. The predicted molar refractivity (Wildman–Crippen MR) is 76.2 cm³/mol. The molecule has 1 aliphatic carbocycles. The maximum atomic E-state index is 12.4. The Morgan fingerprint density at radius 2 is 2.06 bits per heavy atom. The van der Waals surface area contributed by atoms with Crippen molar-refractivity contribution in [2.75, 3.05) is 22.2 Å². The summed E-state index contributed by atoms with van der Waals surface area (Å²) in [6.45, 7) is 0.612. The molecule has 1 saturated carbocycles. The summed E-state index contributed by atoms with van der Waals surface area (Å²) in [4.78, 5) is 0. The molecule has 1 fully saturated rings. The van der Waals surface area contributed by atoms with Gasteiger partial charge < -0.3 is 0 Å². The van der Waals surface area contributed by atoms with Crippen LogP contribution in [-0.2, 0) is 10.2 Å². The lowest BCUT2D eigenvalue weighted by Crippen LogP contribution is -2.39. The molecule has 0 amide bonds. The predicted octanol–water partition coefficient (Wildman–Crippen LogP) is 2.75. The number of hydrogen-bond acceptors (Lipinski definition) is 2. The summed E-state index contributed by atoms with van der Waals surface area (Å²) in [5.41, 5.74) is 1.55. The van der Waals surface area contributed by atoms with E-state index in [-0.39, 0.29) is 0 Å². The summed E-state index contributed by atoms with van der Waals surface area (Å²) < 4.78 is 28.6. The van der Waals surface area contributed by atoms with Crippen molar-refractivity contribution in [3.05, 3.63) is 22.7 Å². The molecule has 3 rings (SSSR count). The zero-order valence-corrected chi connectivity index (χ0v) is 12.5. The van der Waals surface area contributed by atoms with Crippen LogP contribution in [0.1, 0.15) is 19.3 Å². The quantitative estimate of drug-likeness (QED) is 0.836. The third-order valence-corrected chi connectivity index (χ3v) is 6.10. The van der Waals surface area contributed by atoms with E-state index in [4.69, 9.17) is 0 Å². The molecule has 0 aromatic heterocycles. The van der Waals surface area contributed by atoms with Gasteiger partial charge in [0.1, 0.15) is 0 Å². The Kier molecular flexibility index (Phi) is 2.82. The Morgan fingerprint density at radius 1 is 1.33 bits per heavy atom. The monoisotopic (exact) mass is 330 g/mol. The number of hydrogen-bond donors (Lipinski definition) is 0. The molecule has 0 saturated heterocycles. The minimum atomic E-state index is -3.37. The highest BCUT2D eigenvalue weighted by Crippen LogP contribution is 2.43. The Balaban J connectivity index is 2.02. The van der Waals surface area contributed by atoms with Gasteiger partial charge in [0.25, 0.3) is 0 Å². The zero-order valence-electron chi connectivity index (χ0n) is 10.1. The number of rotatable bonds is 2. The average Bonchev–Trinajstić information content (AvgIpc) is 2.44. The fraction of sp³-hybridized carbons (Fsp3) is 0.500. The van der Waals surface area contributed by atoms with Gasteiger partial charge >= 0.3 is 10.2 Å². The summed E-state index contributed by atoms with van der Waals surface area (Å²) in [6, 6.07) is 5.62. The molecular weight excluding hydrogens is 316 g/mol. The van der Waals surface area contributed by atoms with E-state index in [1.165, 1.54) is 10.7 Å². The molecule has 4 nitrogen and oxygen atoms in total. The molecular formula is C12H15BrN2O2S. The van der Waals surface area contributed by atoms with Crippen molar-refractivity contribution in [1.82, 2.24) is 0 Å². The molecule has 1 aromatic carbocycles. The van der Waals surface area contributed by atoms with E-state index in [0.717, 1.165) is 28.7 Å². The van der Waals surface area contributed by atoms with Crippen LogP contribution in [0.25, 0.3) is 0 Å². The van der Waals surface area contributed by atoms with Crippen LogP contribution in [0.15, 0.2) is 22.7 Å². The van der Waals surface area contributed by atoms with Crippen LogP contribution < -0.4 is 8.61 Å². The molecule has 0 N–H and O–H groups in total. The van der Waals surface area contributed by atoms with Gasteiger partial charge in [-0.25, -0.2) is 0 Å². The molecule has 98 valence electrons. The Hall–Kier alpha value is -0.750. The Labute approximate surface area is 116 Å². The first kappa shape index (κ1) is 12.3. The summed E-state index contributed by atoms with van der Waals surface area (Å²) >= 11 is 3.39. The smallest absolute Gasteiger partial charge is 0.254 e. The average molecular weight is 331 g/mol. The normalized spacial score (nSPS) is 21.9. The second-order valence-electron chi connectivity index (χ2n) is 4.94. The molecule has 1 aliphatic heterocycles. The van der Waals surface area contributed by atoms with E-state index in [0.29, 0.717) is 12.5 Å². The van der Waals surface area contributed by atoms with Gasteiger partial charge in [-0.15, -0.1) is 0 Å². The maximum absolute atomic E-state index is 12.4. The van der Waals surface area contributed by atoms with Crippen LogP contribution in [0.3, 0.4) is 0 Å². The van der Waals surface area contributed by atoms with Crippen molar-refractivity contribution in [3.63, 3.8) is 0 Å². The van der Waals surface area contributed by atoms with Gasteiger partial charge in [0.05, 0.1) is 11.4 Å². The van der Waals surface area contributed by atoms with E-state index in [2.05, 4.69) is 15.9 Å². The summed E-state index contributed by atoms with van der Waals surface area (Å²) in [5.74, 6) is 0.516. The molecule has 2 aliphatic rings. The lowest BCUT2D eigenvalue weighted by atomic mass is 9.85. The number of benzene rings is 1. The fourth-order valence-corrected chi connectivity index (χ4v) is 4.30. The van der Waals surface area contributed by atoms with Crippen molar-refractivity contribution in [1.29, 1.82) is 0 Å². The number of nitrogens with zero attached hydrogens (tertiary/aromatic N) is 2. The molecule has 0 atom stereocenters. The van der Waals surface area contributed by atoms with E-state index < -0.39 is 10.2 Å². The third kappa shape index (κ3) is 1.73. The topological polar surface area (TPSA) is 40.6 Å². The molecule has 0 unspecified atom stereocenters. The van der Waals surface area contributed by atoms with Gasteiger partial charge in [-0.3, -0.25) is 8.61 Å². The van der Waals surface area contributed by atoms with Crippen molar-refractivity contribution >= 4 is 37.5 Å². The first-order valence-corrected chi connectivity index (χ1v) is 8.25. The standard InChI is InChI=1S/C12H15BrN2O2S/c1-14-12-7-10(13)5-6-11(12)15(18(14,16)17)8-9-3-2-4-9/h5-7,9H,2-4,8H2,1H3. The molecule has 1 heterocycles. The van der Waals surface area contributed by atoms with Crippen LogP contribution in [0.4, 0.5) is 11.4 Å². The summed E-state index contributed by atoms with van der Waals surface area (Å²) in [6.07, 6.45) is 3.50. The first-order valence-electron chi connectivity index (χ1n) is 6.06. The lowest BCUT2D eigenvalue weighted by Gasteiger charge is -2.30. The van der Waals surface area contributed by atoms with Crippen molar-refractivity contribution in [2.45, 2.75) is 19.3 Å². The van der Waals surface area contributed by atoms with Crippen LogP contribution in [0.5, 0.6) is 0 Å². The van der Waals surface area contributed by atoms with E-state index in [1.54, 1.807) is 11.4 Å². The largest absolute Gasteiger partial charge is 0.326 e. The second-order valence-corrected chi connectivity index (χ2v) is 7.74. The van der Waals surface area contributed by atoms with E-state index in [1.807, 2.05) is 18.2 Å². The molecule has 6 heteroatoms. The molecule has 1 aromatic rings. The van der Waals surface area contributed by atoms with Gasteiger partial charge in [0, 0.05) is 18.1 Å². The number of halogens is 1. The Bertz CT molecular complexity index is 584. The van der Waals surface area contributed by atoms with Crippen LogP contribution >= 0.6 is 15.9 Å². The zero-order chi connectivity index (χ0) is 12.9. The van der Waals surface area contributed by atoms with Crippen LogP contribution in [0.2, 0.25) is 0 Å². The molecule has 0 bridgehead atoms. The number of anilines is 2. The highest BCUT2D eigenvalue weighted by molar-refractivity contribution is 9.10. The van der Waals surface area contributed by atoms with Gasteiger partial charge in [-0.1, -0.05) is 22.4 Å². The second kappa shape index (κ2) is 4.13. The summed E-state index contributed by atoms with van der Waals surface area (Å²) in [5, 5.41) is 0. The SMILES string of the molecule is CN1c2cc(Br)ccc2N(CC2CCC2)S1(=O)=O.